The Morgan fingerprint density at radius 1 is 1.19 bits per heavy atom. The van der Waals surface area contributed by atoms with Crippen molar-refractivity contribution in [1.29, 1.82) is 0 Å². The van der Waals surface area contributed by atoms with Crippen molar-refractivity contribution in [2.24, 2.45) is 0 Å². The van der Waals surface area contributed by atoms with Crippen molar-refractivity contribution >= 4 is 22.9 Å². The first-order valence-electron chi connectivity index (χ1n) is 9.62. The molecule has 1 atom stereocenters. The second kappa shape index (κ2) is 7.80. The topological polar surface area (TPSA) is 35.6 Å². The molecule has 1 aromatic carbocycles. The lowest BCUT2D eigenvalue weighted by Gasteiger charge is -2.35. The summed E-state index contributed by atoms with van der Waals surface area (Å²) >= 11 is 1.50. The number of likely N-dealkylation sites (tertiary alicyclic amines) is 1. The fourth-order valence-corrected chi connectivity index (χ4v) is 4.81. The highest BCUT2D eigenvalue weighted by atomic mass is 32.1. The minimum atomic E-state index is 0.0444. The summed E-state index contributed by atoms with van der Waals surface area (Å²) in [6.45, 7) is 4.01. The van der Waals surface area contributed by atoms with Gasteiger partial charge in [0, 0.05) is 25.8 Å². The standard InChI is InChI=1S/C21H27N3OS/c1-23-12-9-17-14-16(7-8-18(17)23)19(24-10-3-2-4-11-24)15-22-21(25)20-6-5-13-26-20/h5-8,13-14,19H,2-4,9-12,15H2,1H3,(H,22,25)/t19-/m1/s1. The van der Waals surface area contributed by atoms with E-state index in [-0.39, 0.29) is 11.9 Å². The number of carbonyl (C=O) groups excluding carboxylic acids is 1. The van der Waals surface area contributed by atoms with Crippen LogP contribution in [-0.4, -0.2) is 44.0 Å². The molecule has 0 saturated carbocycles. The van der Waals surface area contributed by atoms with E-state index in [1.807, 2.05) is 17.5 Å². The number of likely N-dealkylation sites (N-methyl/N-ethyl adjacent to an activating group) is 1. The number of nitrogens with zero attached hydrogens (tertiary/aromatic N) is 2. The SMILES string of the molecule is CN1CCc2cc([C@@H](CNC(=O)c3cccs3)N3CCCCC3)ccc21. The van der Waals surface area contributed by atoms with Gasteiger partial charge in [-0.15, -0.1) is 11.3 Å². The lowest BCUT2D eigenvalue weighted by Crippen LogP contribution is -2.40. The molecule has 138 valence electrons. The molecular formula is C21H27N3OS. The molecule has 3 heterocycles. The molecule has 2 aliphatic rings. The number of hydrogen-bond donors (Lipinski definition) is 1. The Morgan fingerprint density at radius 3 is 2.81 bits per heavy atom. The van der Waals surface area contributed by atoms with Gasteiger partial charge in [0.2, 0.25) is 0 Å². The molecule has 2 aliphatic heterocycles. The number of nitrogens with one attached hydrogen (secondary N) is 1. The van der Waals surface area contributed by atoms with Crippen LogP contribution in [0.25, 0.3) is 0 Å². The molecule has 4 rings (SSSR count). The minimum absolute atomic E-state index is 0.0444. The van der Waals surface area contributed by atoms with Crippen LogP contribution in [0, 0.1) is 0 Å². The van der Waals surface area contributed by atoms with Gasteiger partial charge in [-0.2, -0.15) is 0 Å². The third kappa shape index (κ3) is 3.64. The molecule has 0 spiro atoms. The van der Waals surface area contributed by atoms with E-state index in [4.69, 9.17) is 0 Å². The normalized spacial score (nSPS) is 18.6. The largest absolute Gasteiger partial charge is 0.374 e. The average molecular weight is 370 g/mol. The van der Waals surface area contributed by atoms with Gasteiger partial charge in [0.1, 0.15) is 0 Å². The van der Waals surface area contributed by atoms with Gasteiger partial charge < -0.3 is 10.2 Å². The first-order chi connectivity index (χ1) is 12.7. The van der Waals surface area contributed by atoms with Crippen LogP contribution in [0.1, 0.15) is 46.1 Å². The Kier molecular flexibility index (Phi) is 5.27. The van der Waals surface area contributed by atoms with E-state index in [0.717, 1.165) is 30.9 Å². The highest BCUT2D eigenvalue weighted by Gasteiger charge is 2.25. The van der Waals surface area contributed by atoms with Gasteiger partial charge in [-0.05, 0) is 61.0 Å². The third-order valence-electron chi connectivity index (χ3n) is 5.65. The van der Waals surface area contributed by atoms with Crippen LogP contribution in [0.3, 0.4) is 0 Å². The molecular weight excluding hydrogens is 342 g/mol. The zero-order chi connectivity index (χ0) is 17.9. The smallest absolute Gasteiger partial charge is 0.261 e. The zero-order valence-corrected chi connectivity index (χ0v) is 16.2. The minimum Gasteiger partial charge on any atom is -0.374 e. The van der Waals surface area contributed by atoms with E-state index in [9.17, 15) is 4.79 Å². The second-order valence-corrected chi connectivity index (χ2v) is 8.31. The Morgan fingerprint density at radius 2 is 2.04 bits per heavy atom. The van der Waals surface area contributed by atoms with Crippen LogP contribution < -0.4 is 10.2 Å². The lowest BCUT2D eigenvalue weighted by atomic mass is 9.98. The Bertz CT molecular complexity index is 753. The molecule has 2 aromatic rings. The summed E-state index contributed by atoms with van der Waals surface area (Å²) in [6.07, 6.45) is 4.94. The quantitative estimate of drug-likeness (QED) is 0.873. The summed E-state index contributed by atoms with van der Waals surface area (Å²) in [6, 6.07) is 11.0. The fraction of sp³-hybridized carbons (Fsp3) is 0.476. The highest BCUT2D eigenvalue weighted by Crippen LogP contribution is 2.32. The third-order valence-corrected chi connectivity index (χ3v) is 6.52. The van der Waals surface area contributed by atoms with Gasteiger partial charge in [-0.1, -0.05) is 24.6 Å². The number of anilines is 1. The van der Waals surface area contributed by atoms with Gasteiger partial charge in [0.25, 0.3) is 5.91 Å². The van der Waals surface area contributed by atoms with E-state index in [2.05, 4.69) is 40.4 Å². The van der Waals surface area contributed by atoms with E-state index in [0.29, 0.717) is 6.54 Å². The first kappa shape index (κ1) is 17.6. The zero-order valence-electron chi connectivity index (χ0n) is 15.4. The van der Waals surface area contributed by atoms with E-state index in [1.54, 1.807) is 0 Å². The van der Waals surface area contributed by atoms with Gasteiger partial charge >= 0.3 is 0 Å². The van der Waals surface area contributed by atoms with Crippen molar-refractivity contribution in [2.45, 2.75) is 31.7 Å². The van der Waals surface area contributed by atoms with Crippen LogP contribution >= 0.6 is 11.3 Å². The van der Waals surface area contributed by atoms with E-state index in [1.165, 1.54) is 47.4 Å². The highest BCUT2D eigenvalue weighted by molar-refractivity contribution is 7.12. The molecule has 0 bridgehead atoms. The first-order valence-corrected chi connectivity index (χ1v) is 10.5. The van der Waals surface area contributed by atoms with Gasteiger partial charge in [-0.25, -0.2) is 0 Å². The van der Waals surface area contributed by atoms with Crippen LogP contribution in [0.4, 0.5) is 5.69 Å². The predicted octanol–water partition coefficient (Wildman–Crippen LogP) is 3.70. The maximum Gasteiger partial charge on any atom is 0.261 e. The Balaban J connectivity index is 1.54. The number of carbonyl (C=O) groups is 1. The Labute approximate surface area is 159 Å². The van der Waals surface area contributed by atoms with E-state index >= 15 is 0 Å². The van der Waals surface area contributed by atoms with Gasteiger partial charge in [0.15, 0.2) is 0 Å². The maximum absolute atomic E-state index is 12.4. The molecule has 1 saturated heterocycles. The molecule has 1 N–H and O–H groups in total. The number of hydrogen-bond acceptors (Lipinski definition) is 4. The van der Waals surface area contributed by atoms with Crippen LogP contribution in [-0.2, 0) is 6.42 Å². The van der Waals surface area contributed by atoms with Crippen molar-refractivity contribution in [2.75, 3.05) is 38.1 Å². The summed E-state index contributed by atoms with van der Waals surface area (Å²) in [5.74, 6) is 0.0444. The molecule has 26 heavy (non-hydrogen) atoms. The molecule has 0 aliphatic carbocycles. The molecule has 1 amide bonds. The molecule has 4 nitrogen and oxygen atoms in total. The number of thiophene rings is 1. The summed E-state index contributed by atoms with van der Waals surface area (Å²) in [4.78, 5) is 18.1. The maximum atomic E-state index is 12.4. The molecule has 1 fully saturated rings. The summed E-state index contributed by atoms with van der Waals surface area (Å²) < 4.78 is 0. The van der Waals surface area contributed by atoms with Crippen molar-refractivity contribution < 1.29 is 4.79 Å². The second-order valence-electron chi connectivity index (χ2n) is 7.36. The monoisotopic (exact) mass is 369 g/mol. The van der Waals surface area contributed by atoms with Crippen LogP contribution in [0.5, 0.6) is 0 Å². The van der Waals surface area contributed by atoms with Crippen molar-refractivity contribution in [3.63, 3.8) is 0 Å². The number of piperidine rings is 1. The number of fused-ring (bicyclic) bond motifs is 1. The average Bonchev–Trinajstić information content (AvgIpc) is 3.33. The molecule has 5 heteroatoms. The summed E-state index contributed by atoms with van der Waals surface area (Å²) in [5, 5.41) is 5.13. The summed E-state index contributed by atoms with van der Waals surface area (Å²) in [5.41, 5.74) is 4.14. The molecule has 1 aromatic heterocycles. The number of benzene rings is 1. The van der Waals surface area contributed by atoms with Crippen LogP contribution in [0.2, 0.25) is 0 Å². The number of amides is 1. The van der Waals surface area contributed by atoms with Crippen molar-refractivity contribution in [3.8, 4) is 0 Å². The van der Waals surface area contributed by atoms with Crippen molar-refractivity contribution in [3.05, 3.63) is 51.7 Å². The predicted molar refractivity (Wildman–Crippen MR) is 108 cm³/mol. The van der Waals surface area contributed by atoms with Crippen molar-refractivity contribution in [1.82, 2.24) is 10.2 Å². The number of rotatable bonds is 5. The van der Waals surface area contributed by atoms with E-state index < -0.39 is 0 Å². The van der Waals surface area contributed by atoms with Crippen LogP contribution in [0.15, 0.2) is 35.7 Å². The van der Waals surface area contributed by atoms with Gasteiger partial charge in [-0.3, -0.25) is 9.69 Å². The Hall–Kier alpha value is -1.85. The lowest BCUT2D eigenvalue weighted by molar-refractivity contribution is 0.0928. The molecule has 0 unspecified atom stereocenters. The van der Waals surface area contributed by atoms with Gasteiger partial charge in [0.05, 0.1) is 10.9 Å². The fourth-order valence-electron chi connectivity index (χ4n) is 4.17. The molecule has 0 radical (unpaired) electrons. The summed E-state index contributed by atoms with van der Waals surface area (Å²) in [7, 11) is 2.16.